The number of carboxylic acids is 2. The SMILES string of the molecule is O=C(O)C1=CC=CC(C(=O)O)C1=S(=O)=O.[Li]. The maximum absolute atomic E-state index is 10.7. The van der Waals surface area contributed by atoms with Gasteiger partial charge in [0.05, 0.1) is 5.57 Å². The average Bonchev–Trinajstić information content (AvgIpc) is 2.16. The molecule has 2 N–H and O–H groups in total. The van der Waals surface area contributed by atoms with Gasteiger partial charge in [0.2, 0.25) is 10.3 Å². The molecule has 0 spiro atoms. The summed E-state index contributed by atoms with van der Waals surface area (Å²) in [6, 6.07) is 0. The number of hydrogen-bond donors (Lipinski definition) is 2. The first-order valence-electron chi connectivity index (χ1n) is 3.76. The number of allylic oxidation sites excluding steroid dienone is 2. The fraction of sp³-hybridized carbons (Fsp3) is 0.125. The van der Waals surface area contributed by atoms with E-state index in [1.165, 1.54) is 6.08 Å². The molecule has 1 aliphatic rings. The number of aliphatic carboxylic acids is 2. The third-order valence-electron chi connectivity index (χ3n) is 1.79. The van der Waals surface area contributed by atoms with E-state index >= 15 is 0 Å². The van der Waals surface area contributed by atoms with Gasteiger partial charge in [-0.2, -0.15) is 8.42 Å². The van der Waals surface area contributed by atoms with E-state index in [0.29, 0.717) is 0 Å². The standard InChI is InChI=1S/C8H6O6S.Li/c9-7(10)4-2-1-3-5(8(11)12)6(4)15(13)14;/h1-4H,(H,9,10)(H,11,12);. The zero-order valence-corrected chi connectivity index (χ0v) is 9.06. The van der Waals surface area contributed by atoms with Crippen LogP contribution in [0, 0.1) is 5.92 Å². The summed E-state index contributed by atoms with van der Waals surface area (Å²) >= 11 is 0. The molecule has 0 heterocycles. The molecule has 0 aromatic carbocycles. The van der Waals surface area contributed by atoms with Crippen LogP contribution in [-0.4, -0.2) is 54.3 Å². The minimum absolute atomic E-state index is 0. The third-order valence-corrected chi connectivity index (χ3v) is 2.62. The van der Waals surface area contributed by atoms with Crippen LogP contribution in [-0.2, 0) is 19.9 Å². The maximum Gasteiger partial charge on any atom is 0.337 e. The summed E-state index contributed by atoms with van der Waals surface area (Å²) in [5, 5.41) is 17.4. The van der Waals surface area contributed by atoms with Gasteiger partial charge >= 0.3 is 11.9 Å². The van der Waals surface area contributed by atoms with E-state index in [-0.39, 0.29) is 18.9 Å². The van der Waals surface area contributed by atoms with Gasteiger partial charge in [-0.05, 0) is 6.08 Å². The normalized spacial score (nSPS) is 18.4. The molecule has 1 unspecified atom stereocenters. The van der Waals surface area contributed by atoms with Gasteiger partial charge in [-0.3, -0.25) is 4.79 Å². The van der Waals surface area contributed by atoms with E-state index in [1.807, 2.05) is 0 Å². The summed E-state index contributed by atoms with van der Waals surface area (Å²) in [5.74, 6) is -4.30. The van der Waals surface area contributed by atoms with Crippen molar-refractivity contribution in [1.82, 2.24) is 0 Å². The molecular formula is C8H6LiO6S. The summed E-state index contributed by atoms with van der Waals surface area (Å²) in [6.07, 6.45) is 3.37. The van der Waals surface area contributed by atoms with Crippen LogP contribution < -0.4 is 0 Å². The Morgan fingerprint density at radius 2 is 1.81 bits per heavy atom. The van der Waals surface area contributed by atoms with Crippen molar-refractivity contribution in [3.63, 3.8) is 0 Å². The van der Waals surface area contributed by atoms with Crippen molar-refractivity contribution in [2.24, 2.45) is 5.92 Å². The van der Waals surface area contributed by atoms with Crippen LogP contribution in [0.3, 0.4) is 0 Å². The molecule has 1 rings (SSSR count). The van der Waals surface area contributed by atoms with E-state index in [4.69, 9.17) is 10.2 Å². The summed E-state index contributed by atoms with van der Waals surface area (Å²) in [6.45, 7) is 0. The smallest absolute Gasteiger partial charge is 0.337 e. The monoisotopic (exact) mass is 237 g/mol. The van der Waals surface area contributed by atoms with Crippen LogP contribution in [0.4, 0.5) is 0 Å². The first kappa shape index (κ1) is 14.7. The van der Waals surface area contributed by atoms with Gasteiger partial charge < -0.3 is 10.2 Å². The van der Waals surface area contributed by atoms with Crippen LogP contribution in [0.1, 0.15) is 0 Å². The van der Waals surface area contributed by atoms with Crippen molar-refractivity contribution in [2.75, 3.05) is 0 Å². The molecule has 0 aromatic heterocycles. The minimum atomic E-state index is -2.87. The van der Waals surface area contributed by atoms with Crippen molar-refractivity contribution < 1.29 is 28.2 Å². The second-order valence-corrected chi connectivity index (χ2v) is 3.59. The van der Waals surface area contributed by atoms with Gasteiger partial charge in [0.25, 0.3) is 0 Å². The van der Waals surface area contributed by atoms with E-state index < -0.39 is 38.6 Å². The summed E-state index contributed by atoms with van der Waals surface area (Å²) in [4.78, 5) is 20.7. The number of carboxylic acid groups (broad SMARTS) is 2. The van der Waals surface area contributed by atoms with E-state index in [1.54, 1.807) is 0 Å². The number of carbonyl (C=O) groups is 2. The molecule has 1 aliphatic carbocycles. The van der Waals surface area contributed by atoms with E-state index in [9.17, 15) is 18.0 Å². The van der Waals surface area contributed by atoms with Crippen LogP contribution >= 0.6 is 0 Å². The second-order valence-electron chi connectivity index (χ2n) is 2.69. The molecule has 8 heteroatoms. The third kappa shape index (κ3) is 2.85. The summed E-state index contributed by atoms with van der Waals surface area (Å²) in [5.41, 5.74) is -0.516. The van der Waals surface area contributed by atoms with E-state index in [2.05, 4.69) is 0 Å². The van der Waals surface area contributed by atoms with Gasteiger partial charge in [-0.15, -0.1) is 0 Å². The zero-order chi connectivity index (χ0) is 11.6. The topological polar surface area (TPSA) is 109 Å². The molecule has 0 amide bonds. The molecule has 81 valence electrons. The van der Waals surface area contributed by atoms with Crippen molar-refractivity contribution in [2.45, 2.75) is 0 Å². The van der Waals surface area contributed by atoms with Crippen molar-refractivity contribution >= 4 is 46.0 Å². The van der Waals surface area contributed by atoms with Gasteiger partial charge in [0.15, 0.2) is 0 Å². The quantitative estimate of drug-likeness (QED) is 0.468. The molecule has 6 nitrogen and oxygen atoms in total. The zero-order valence-electron chi connectivity index (χ0n) is 8.25. The summed E-state index contributed by atoms with van der Waals surface area (Å²) < 4.78 is 21.5. The molecule has 0 fully saturated rings. The van der Waals surface area contributed by atoms with E-state index in [0.717, 1.165) is 12.2 Å². The molecule has 0 aromatic rings. The molecule has 0 aliphatic heterocycles. The maximum atomic E-state index is 10.7. The van der Waals surface area contributed by atoms with Crippen LogP contribution in [0.25, 0.3) is 0 Å². The van der Waals surface area contributed by atoms with Crippen LogP contribution in [0.15, 0.2) is 23.8 Å². The van der Waals surface area contributed by atoms with Crippen molar-refractivity contribution in [3.05, 3.63) is 23.8 Å². The Labute approximate surface area is 104 Å². The van der Waals surface area contributed by atoms with Crippen molar-refractivity contribution in [1.29, 1.82) is 0 Å². The minimum Gasteiger partial charge on any atom is -0.481 e. The predicted molar refractivity (Wildman–Crippen MR) is 55.7 cm³/mol. The Morgan fingerprint density at radius 1 is 1.25 bits per heavy atom. The van der Waals surface area contributed by atoms with Crippen LogP contribution in [0.2, 0.25) is 0 Å². The Hall–Kier alpha value is -1.29. The fourth-order valence-corrected chi connectivity index (χ4v) is 1.89. The Kier molecular flexibility index (Phi) is 5.24. The molecule has 0 saturated heterocycles. The Balaban J connectivity index is 0.00000225. The molecule has 0 saturated carbocycles. The molecule has 1 radical (unpaired) electrons. The largest absolute Gasteiger partial charge is 0.481 e. The Bertz CT molecular complexity index is 505. The molecule has 16 heavy (non-hydrogen) atoms. The molecule has 0 bridgehead atoms. The first-order chi connectivity index (χ1) is 6.95. The van der Waals surface area contributed by atoms with Gasteiger partial charge in [-0.25, -0.2) is 4.79 Å². The number of rotatable bonds is 2. The van der Waals surface area contributed by atoms with Crippen LogP contribution in [0.5, 0.6) is 0 Å². The van der Waals surface area contributed by atoms with Gasteiger partial charge in [-0.1, -0.05) is 12.2 Å². The number of hydrogen-bond acceptors (Lipinski definition) is 4. The Morgan fingerprint density at radius 3 is 2.19 bits per heavy atom. The second kappa shape index (κ2) is 5.70. The van der Waals surface area contributed by atoms with Gasteiger partial charge in [0, 0.05) is 18.9 Å². The predicted octanol–water partition coefficient (Wildman–Crippen LogP) is -1.06. The molecule has 1 atom stereocenters. The first-order valence-corrected chi connectivity index (χ1v) is 4.83. The fourth-order valence-electron chi connectivity index (χ4n) is 1.16. The van der Waals surface area contributed by atoms with Gasteiger partial charge in [0.1, 0.15) is 10.8 Å². The molecular weight excluding hydrogens is 231 g/mol. The van der Waals surface area contributed by atoms with Crippen molar-refractivity contribution in [3.8, 4) is 0 Å². The average molecular weight is 237 g/mol. The summed E-state index contributed by atoms with van der Waals surface area (Å²) in [7, 11) is -2.87.